The molecule has 10 nitrogen and oxygen atoms in total. The molecule has 0 spiro atoms. The van der Waals surface area contributed by atoms with Crippen LogP contribution in [0.2, 0.25) is 0 Å². The van der Waals surface area contributed by atoms with E-state index >= 15 is 0 Å². The molecule has 2 N–H and O–H groups in total. The van der Waals surface area contributed by atoms with E-state index < -0.39 is 17.2 Å². The lowest BCUT2D eigenvalue weighted by molar-refractivity contribution is -0.129. The molecule has 0 aliphatic rings. The predicted molar refractivity (Wildman–Crippen MR) is 99.0 cm³/mol. The van der Waals surface area contributed by atoms with Gasteiger partial charge in [0, 0.05) is 18.3 Å². The molecule has 2 aromatic rings. The van der Waals surface area contributed by atoms with Crippen molar-refractivity contribution in [2.75, 3.05) is 5.32 Å². The van der Waals surface area contributed by atoms with Crippen molar-refractivity contribution < 1.29 is 14.3 Å². The van der Waals surface area contributed by atoms with Gasteiger partial charge in [-0.25, -0.2) is 9.78 Å². The summed E-state index contributed by atoms with van der Waals surface area (Å²) in [6, 6.07) is 1.46. The maximum Gasteiger partial charge on any atom is 0.413 e. The summed E-state index contributed by atoms with van der Waals surface area (Å²) < 4.78 is 8.34. The first kappa shape index (κ1) is 20.4. The lowest BCUT2D eigenvalue weighted by Crippen LogP contribution is -2.48. The third-order valence-electron chi connectivity index (χ3n) is 3.65. The zero-order chi connectivity index (χ0) is 20.2. The molecule has 0 aromatic carbocycles. The fourth-order valence-electron chi connectivity index (χ4n) is 2.27. The van der Waals surface area contributed by atoms with E-state index in [-0.39, 0.29) is 11.9 Å². The number of amides is 2. The molecule has 0 aliphatic carbocycles. The molecule has 0 aliphatic heterocycles. The number of anilines is 1. The zero-order valence-corrected chi connectivity index (χ0v) is 16.6. The summed E-state index contributed by atoms with van der Waals surface area (Å²) in [5, 5.41) is 13.8. The molecule has 2 aromatic heterocycles. The van der Waals surface area contributed by atoms with E-state index in [1.807, 2.05) is 6.92 Å². The van der Waals surface area contributed by atoms with Crippen LogP contribution in [0.1, 0.15) is 41.5 Å². The molecular formula is C17H27N7O3. The van der Waals surface area contributed by atoms with Gasteiger partial charge in [0.2, 0.25) is 5.91 Å². The molecule has 2 heterocycles. The van der Waals surface area contributed by atoms with Gasteiger partial charge in [0.25, 0.3) is 0 Å². The summed E-state index contributed by atoms with van der Waals surface area (Å²) in [6.45, 7) is 11.2. The number of nitrogens with one attached hydrogen (secondary N) is 2. The molecule has 0 bridgehead atoms. The quantitative estimate of drug-likeness (QED) is 0.792. The summed E-state index contributed by atoms with van der Waals surface area (Å²) in [5.41, 5.74) is -1.56. The van der Waals surface area contributed by atoms with E-state index in [9.17, 15) is 9.59 Å². The fraction of sp³-hybridized carbons (Fsp3) is 0.588. The van der Waals surface area contributed by atoms with Crippen LogP contribution in [-0.4, -0.2) is 48.2 Å². The minimum Gasteiger partial charge on any atom is -0.444 e. The van der Waals surface area contributed by atoms with Crippen LogP contribution >= 0.6 is 0 Å². The molecule has 0 radical (unpaired) electrons. The van der Waals surface area contributed by atoms with Crippen LogP contribution in [0.25, 0.3) is 0 Å². The Morgan fingerprint density at radius 1 is 1.26 bits per heavy atom. The highest BCUT2D eigenvalue weighted by molar-refractivity contribution is 5.85. The Morgan fingerprint density at radius 2 is 1.96 bits per heavy atom. The Bertz CT molecular complexity index is 775. The molecule has 148 valence electrons. The van der Waals surface area contributed by atoms with Crippen molar-refractivity contribution in [3.8, 4) is 0 Å². The highest BCUT2D eigenvalue weighted by Gasteiger charge is 2.32. The van der Waals surface area contributed by atoms with Gasteiger partial charge >= 0.3 is 6.09 Å². The first-order valence-corrected chi connectivity index (χ1v) is 8.67. The Hall–Kier alpha value is -2.91. The van der Waals surface area contributed by atoms with Crippen LogP contribution in [0.15, 0.2) is 24.9 Å². The van der Waals surface area contributed by atoms with Crippen LogP contribution in [0.5, 0.6) is 0 Å². The Labute approximate surface area is 158 Å². The fourth-order valence-corrected chi connectivity index (χ4v) is 2.27. The highest BCUT2D eigenvalue weighted by Crippen LogP contribution is 2.18. The number of carbonyl (C=O) groups is 2. The Balaban J connectivity index is 1.98. The first-order valence-electron chi connectivity index (χ1n) is 8.67. The number of carbonyl (C=O) groups excluding carboxylic acids is 2. The Morgan fingerprint density at radius 3 is 2.56 bits per heavy atom. The van der Waals surface area contributed by atoms with Crippen molar-refractivity contribution in [3.63, 3.8) is 0 Å². The van der Waals surface area contributed by atoms with Gasteiger partial charge < -0.3 is 10.1 Å². The highest BCUT2D eigenvalue weighted by atomic mass is 16.6. The first-order chi connectivity index (χ1) is 12.5. The van der Waals surface area contributed by atoms with E-state index in [0.717, 1.165) is 0 Å². The molecule has 0 fully saturated rings. The summed E-state index contributed by atoms with van der Waals surface area (Å²) in [6.07, 6.45) is 4.07. The van der Waals surface area contributed by atoms with Crippen LogP contribution in [-0.2, 0) is 21.6 Å². The molecule has 0 saturated heterocycles. The van der Waals surface area contributed by atoms with E-state index in [1.165, 1.54) is 11.0 Å². The minimum absolute atomic E-state index is 0.145. The van der Waals surface area contributed by atoms with Gasteiger partial charge in [-0.3, -0.25) is 19.5 Å². The number of hydrogen-bond donors (Lipinski definition) is 2. The maximum atomic E-state index is 12.7. The maximum absolute atomic E-state index is 12.7. The van der Waals surface area contributed by atoms with Crippen molar-refractivity contribution in [1.82, 2.24) is 29.9 Å². The third-order valence-corrected chi connectivity index (χ3v) is 3.65. The van der Waals surface area contributed by atoms with Crippen molar-refractivity contribution in [2.45, 2.75) is 65.3 Å². The van der Waals surface area contributed by atoms with Gasteiger partial charge in [-0.15, -0.1) is 0 Å². The monoisotopic (exact) mass is 377 g/mol. The number of hydrogen-bond acceptors (Lipinski definition) is 6. The van der Waals surface area contributed by atoms with Gasteiger partial charge in [0.05, 0.1) is 6.54 Å². The van der Waals surface area contributed by atoms with Gasteiger partial charge in [-0.05, 0) is 41.5 Å². The Kier molecular flexibility index (Phi) is 5.87. The van der Waals surface area contributed by atoms with Crippen molar-refractivity contribution >= 4 is 17.8 Å². The zero-order valence-electron chi connectivity index (χ0n) is 16.6. The molecule has 10 heteroatoms. The standard InChI is InChI=1S/C17H27N7O3/c1-12(9-23-11-18-10-19-23)20-14(25)17(5,6)24-8-7-13(22-24)21-15(26)27-16(2,3)4/h7-8,10-12H,9H2,1-6H3,(H,20,25)(H,21,22,26). The molecule has 2 rings (SSSR count). The average Bonchev–Trinajstić information content (AvgIpc) is 3.16. The number of ether oxygens (including phenoxy) is 1. The molecule has 2 amide bonds. The van der Waals surface area contributed by atoms with Crippen LogP contribution in [0.3, 0.4) is 0 Å². The van der Waals surface area contributed by atoms with Crippen LogP contribution in [0.4, 0.5) is 10.6 Å². The number of aromatic nitrogens is 5. The molecule has 1 atom stereocenters. The second-order valence-electron chi connectivity index (χ2n) is 7.82. The van der Waals surface area contributed by atoms with E-state index in [0.29, 0.717) is 12.4 Å². The molecule has 1 unspecified atom stereocenters. The second kappa shape index (κ2) is 7.77. The van der Waals surface area contributed by atoms with Gasteiger partial charge in [0.15, 0.2) is 5.82 Å². The topological polar surface area (TPSA) is 116 Å². The summed E-state index contributed by atoms with van der Waals surface area (Å²) >= 11 is 0. The lowest BCUT2D eigenvalue weighted by atomic mass is 10.0. The lowest BCUT2D eigenvalue weighted by Gasteiger charge is -2.26. The third kappa shape index (κ3) is 5.80. The summed E-state index contributed by atoms with van der Waals surface area (Å²) in [7, 11) is 0. The second-order valence-corrected chi connectivity index (χ2v) is 7.82. The van der Waals surface area contributed by atoms with Crippen LogP contribution in [0, 0.1) is 0 Å². The predicted octanol–water partition coefficient (Wildman–Crippen LogP) is 1.76. The number of nitrogens with zero attached hydrogens (tertiary/aromatic N) is 5. The summed E-state index contributed by atoms with van der Waals surface area (Å²) in [5.74, 6) is 0.0998. The summed E-state index contributed by atoms with van der Waals surface area (Å²) in [4.78, 5) is 28.4. The van der Waals surface area contributed by atoms with Gasteiger partial charge in [-0.2, -0.15) is 10.2 Å². The number of rotatable bonds is 6. The SMILES string of the molecule is CC(Cn1cncn1)NC(=O)C(C)(C)n1ccc(NC(=O)OC(C)(C)C)n1. The van der Waals surface area contributed by atoms with Gasteiger partial charge in [0.1, 0.15) is 23.8 Å². The smallest absolute Gasteiger partial charge is 0.413 e. The molecule has 0 saturated carbocycles. The largest absolute Gasteiger partial charge is 0.444 e. The van der Waals surface area contributed by atoms with Crippen molar-refractivity contribution in [3.05, 3.63) is 24.9 Å². The average molecular weight is 377 g/mol. The van der Waals surface area contributed by atoms with E-state index in [4.69, 9.17) is 4.74 Å². The van der Waals surface area contributed by atoms with Crippen molar-refractivity contribution in [1.29, 1.82) is 0 Å². The minimum atomic E-state index is -0.954. The van der Waals surface area contributed by atoms with Crippen molar-refractivity contribution in [2.24, 2.45) is 0 Å². The van der Waals surface area contributed by atoms with E-state index in [1.54, 1.807) is 57.9 Å². The molecule has 27 heavy (non-hydrogen) atoms. The van der Waals surface area contributed by atoms with Gasteiger partial charge in [-0.1, -0.05) is 0 Å². The normalized spacial score (nSPS) is 13.1. The molecular weight excluding hydrogens is 350 g/mol. The van der Waals surface area contributed by atoms with E-state index in [2.05, 4.69) is 25.8 Å². The van der Waals surface area contributed by atoms with Crippen LogP contribution < -0.4 is 10.6 Å².